The molecule has 2 rings (SSSR count). The van der Waals surface area contributed by atoms with Crippen molar-refractivity contribution in [1.82, 2.24) is 14.7 Å². The molecule has 0 unspecified atom stereocenters. The van der Waals surface area contributed by atoms with Gasteiger partial charge in [0.15, 0.2) is 0 Å². The molecule has 160 valence electrons. The Morgan fingerprint density at radius 1 is 1.04 bits per heavy atom. The first-order valence-electron chi connectivity index (χ1n) is 9.63. The molecule has 2 aliphatic heterocycles. The van der Waals surface area contributed by atoms with E-state index in [-0.39, 0.29) is 36.6 Å². The molecule has 2 fully saturated rings. The lowest BCUT2D eigenvalue weighted by Crippen LogP contribution is -2.51. The summed E-state index contributed by atoms with van der Waals surface area (Å²) in [7, 11) is 0. The molecule has 2 aliphatic rings. The number of halogens is 2. The predicted molar refractivity (Wildman–Crippen MR) is 112 cm³/mol. The average Bonchev–Trinajstić information content (AvgIpc) is 2.88. The summed E-state index contributed by atoms with van der Waals surface area (Å²) in [6.45, 7) is 10.6. The van der Waals surface area contributed by atoms with E-state index in [0.717, 1.165) is 39.1 Å². The molecule has 0 spiro atoms. The number of carbonyl (C=O) groups excluding carboxylic acids is 2. The third-order valence-corrected chi connectivity index (χ3v) is 5.65. The molecule has 2 heterocycles. The quantitative estimate of drug-likeness (QED) is 0.684. The molecule has 27 heavy (non-hydrogen) atoms. The number of carbonyl (C=O) groups is 2. The highest BCUT2D eigenvalue weighted by atomic mass is 35.5. The third-order valence-electron chi connectivity index (χ3n) is 5.65. The van der Waals surface area contributed by atoms with Crippen LogP contribution in [-0.2, 0) is 14.3 Å². The molecule has 2 amide bonds. The van der Waals surface area contributed by atoms with Crippen LogP contribution in [0.2, 0.25) is 0 Å². The minimum Gasteiger partial charge on any atom is -0.381 e. The third kappa shape index (κ3) is 6.75. The van der Waals surface area contributed by atoms with Crippen molar-refractivity contribution < 1.29 is 14.3 Å². The number of rotatable bonds is 6. The number of ether oxygens (including phenoxy) is 1. The Morgan fingerprint density at radius 3 is 2.22 bits per heavy atom. The Kier molecular flexibility index (Phi) is 12.5. The Labute approximate surface area is 175 Å². The van der Waals surface area contributed by atoms with Gasteiger partial charge in [0.25, 0.3) is 0 Å². The van der Waals surface area contributed by atoms with Gasteiger partial charge in [-0.1, -0.05) is 0 Å². The highest BCUT2D eigenvalue weighted by molar-refractivity contribution is 5.85. The fourth-order valence-electron chi connectivity index (χ4n) is 3.80. The molecule has 0 aromatic rings. The first-order valence-corrected chi connectivity index (χ1v) is 9.63. The Morgan fingerprint density at radius 2 is 1.67 bits per heavy atom. The Hall–Kier alpha value is -0.600. The van der Waals surface area contributed by atoms with Gasteiger partial charge in [0, 0.05) is 59.0 Å². The summed E-state index contributed by atoms with van der Waals surface area (Å²) in [5.41, 5.74) is 5.52. The molecule has 9 heteroatoms. The topological polar surface area (TPSA) is 79.1 Å². The van der Waals surface area contributed by atoms with E-state index in [1.165, 1.54) is 0 Å². The van der Waals surface area contributed by atoms with Crippen LogP contribution in [0.1, 0.15) is 33.1 Å². The van der Waals surface area contributed by atoms with E-state index in [1.807, 2.05) is 23.6 Å². The zero-order valence-electron chi connectivity index (χ0n) is 16.7. The van der Waals surface area contributed by atoms with Crippen molar-refractivity contribution in [2.75, 3.05) is 65.6 Å². The van der Waals surface area contributed by atoms with Crippen LogP contribution in [-0.4, -0.2) is 92.1 Å². The van der Waals surface area contributed by atoms with Crippen molar-refractivity contribution in [3.8, 4) is 0 Å². The summed E-state index contributed by atoms with van der Waals surface area (Å²) in [5, 5.41) is 0. The molecule has 0 aromatic carbocycles. The van der Waals surface area contributed by atoms with E-state index >= 15 is 0 Å². The minimum absolute atomic E-state index is 0. The summed E-state index contributed by atoms with van der Waals surface area (Å²) in [6, 6.07) is 0. The van der Waals surface area contributed by atoms with Gasteiger partial charge >= 0.3 is 0 Å². The van der Waals surface area contributed by atoms with Gasteiger partial charge < -0.3 is 20.3 Å². The highest BCUT2D eigenvalue weighted by Crippen LogP contribution is 2.32. The van der Waals surface area contributed by atoms with Gasteiger partial charge in [0.2, 0.25) is 11.8 Å². The number of nitrogens with two attached hydrogens (primary N) is 1. The summed E-state index contributed by atoms with van der Waals surface area (Å²) in [6.07, 6.45) is 2.32. The number of hydrogen-bond donors (Lipinski definition) is 1. The molecule has 2 saturated heterocycles. The van der Waals surface area contributed by atoms with Crippen LogP contribution in [0.25, 0.3) is 0 Å². The lowest BCUT2D eigenvalue weighted by atomic mass is 9.79. The van der Waals surface area contributed by atoms with E-state index in [2.05, 4.69) is 4.90 Å². The number of likely N-dealkylation sites (N-methyl/N-ethyl adjacent to an activating group) is 1. The van der Waals surface area contributed by atoms with Crippen LogP contribution >= 0.6 is 24.8 Å². The second-order valence-electron chi connectivity index (χ2n) is 7.08. The second-order valence-corrected chi connectivity index (χ2v) is 7.08. The molecule has 0 aromatic heterocycles. The standard InChI is InChI=1S/C18H34N4O3.2ClH/c1-3-21(4-2)16(23)14-20-8-5-9-22(11-10-20)17(24)18(15-19)6-12-25-13-7-18;;/h3-15,19H2,1-2H3;2*1H. The van der Waals surface area contributed by atoms with Gasteiger partial charge in [-0.05, 0) is 33.1 Å². The fourth-order valence-corrected chi connectivity index (χ4v) is 3.80. The minimum atomic E-state index is -0.454. The van der Waals surface area contributed by atoms with E-state index in [0.29, 0.717) is 45.7 Å². The molecular weight excluding hydrogens is 391 g/mol. The number of hydrogen-bond acceptors (Lipinski definition) is 5. The summed E-state index contributed by atoms with van der Waals surface area (Å²) in [4.78, 5) is 31.4. The van der Waals surface area contributed by atoms with E-state index in [9.17, 15) is 9.59 Å². The maximum atomic E-state index is 13.1. The van der Waals surface area contributed by atoms with E-state index in [4.69, 9.17) is 10.5 Å². The molecule has 7 nitrogen and oxygen atoms in total. The number of nitrogens with zero attached hydrogens (tertiary/aromatic N) is 3. The molecule has 0 radical (unpaired) electrons. The smallest absolute Gasteiger partial charge is 0.236 e. The second kappa shape index (κ2) is 12.8. The van der Waals surface area contributed by atoms with Crippen molar-refractivity contribution in [1.29, 1.82) is 0 Å². The summed E-state index contributed by atoms with van der Waals surface area (Å²) < 4.78 is 5.42. The maximum absolute atomic E-state index is 13.1. The molecule has 0 aliphatic carbocycles. The van der Waals surface area contributed by atoms with Crippen LogP contribution in [0.4, 0.5) is 0 Å². The van der Waals surface area contributed by atoms with Crippen LogP contribution < -0.4 is 5.73 Å². The van der Waals surface area contributed by atoms with Crippen LogP contribution in [0, 0.1) is 5.41 Å². The lowest BCUT2D eigenvalue weighted by Gasteiger charge is -2.38. The summed E-state index contributed by atoms with van der Waals surface area (Å²) in [5.74, 6) is 0.350. The van der Waals surface area contributed by atoms with E-state index in [1.54, 1.807) is 0 Å². The maximum Gasteiger partial charge on any atom is 0.236 e. The van der Waals surface area contributed by atoms with Crippen LogP contribution in [0.3, 0.4) is 0 Å². The molecule has 0 atom stereocenters. The van der Waals surface area contributed by atoms with E-state index < -0.39 is 5.41 Å². The first-order chi connectivity index (χ1) is 12.1. The molecule has 0 saturated carbocycles. The normalized spacial score (nSPS) is 20.0. The van der Waals surface area contributed by atoms with Crippen LogP contribution in [0.5, 0.6) is 0 Å². The first kappa shape index (κ1) is 26.4. The van der Waals surface area contributed by atoms with Crippen molar-refractivity contribution in [3.63, 3.8) is 0 Å². The van der Waals surface area contributed by atoms with Gasteiger partial charge in [-0.25, -0.2) is 0 Å². The summed E-state index contributed by atoms with van der Waals surface area (Å²) >= 11 is 0. The lowest BCUT2D eigenvalue weighted by molar-refractivity contribution is -0.147. The van der Waals surface area contributed by atoms with Gasteiger partial charge in [0.1, 0.15) is 0 Å². The molecule has 0 bridgehead atoms. The van der Waals surface area contributed by atoms with Crippen LogP contribution in [0.15, 0.2) is 0 Å². The van der Waals surface area contributed by atoms with Crippen molar-refractivity contribution in [2.24, 2.45) is 11.1 Å². The van der Waals surface area contributed by atoms with Gasteiger partial charge in [-0.3, -0.25) is 14.5 Å². The van der Waals surface area contributed by atoms with Crippen molar-refractivity contribution in [3.05, 3.63) is 0 Å². The molecule has 2 N–H and O–H groups in total. The van der Waals surface area contributed by atoms with Gasteiger partial charge in [-0.2, -0.15) is 0 Å². The fraction of sp³-hybridized carbons (Fsp3) is 0.889. The average molecular weight is 427 g/mol. The van der Waals surface area contributed by atoms with Gasteiger partial charge in [0.05, 0.1) is 12.0 Å². The highest BCUT2D eigenvalue weighted by Gasteiger charge is 2.41. The largest absolute Gasteiger partial charge is 0.381 e. The number of amides is 2. The zero-order chi connectivity index (χ0) is 18.3. The van der Waals surface area contributed by atoms with Gasteiger partial charge in [-0.15, -0.1) is 24.8 Å². The Bertz CT molecular complexity index is 458. The monoisotopic (exact) mass is 426 g/mol. The molecular formula is C18H36Cl2N4O3. The zero-order valence-corrected chi connectivity index (χ0v) is 18.3. The van der Waals surface area contributed by atoms with Crippen molar-refractivity contribution in [2.45, 2.75) is 33.1 Å². The van der Waals surface area contributed by atoms with Crippen molar-refractivity contribution >= 4 is 36.6 Å². The SMILES string of the molecule is CCN(CC)C(=O)CN1CCCN(C(=O)C2(CN)CCOCC2)CC1.Cl.Cl. The predicted octanol–water partition coefficient (Wildman–Crippen LogP) is 0.988. The Balaban J connectivity index is 0.00000338.